The second-order valence-electron chi connectivity index (χ2n) is 2.77. The van der Waals surface area contributed by atoms with E-state index in [0.29, 0.717) is 16.6 Å². The van der Waals surface area contributed by atoms with Crippen molar-refractivity contribution >= 4 is 37.8 Å². The minimum Gasteiger partial charge on any atom is -0.496 e. The minimum absolute atomic E-state index is 0.395. The van der Waals surface area contributed by atoms with Crippen LogP contribution < -0.4 is 4.74 Å². The van der Waals surface area contributed by atoms with Gasteiger partial charge in [0, 0.05) is 9.80 Å². The number of rotatable bonds is 3. The highest BCUT2D eigenvalue weighted by atomic mass is 79.9. The normalized spacial score (nSPS) is 9.87. The van der Waals surface area contributed by atoms with E-state index in [1.54, 1.807) is 6.07 Å². The molecule has 0 aliphatic carbocycles. The quantitative estimate of drug-likeness (QED) is 0.628. The summed E-state index contributed by atoms with van der Waals surface area (Å²) in [7, 11) is 2.87. The molecule has 0 atom stereocenters. The van der Waals surface area contributed by atoms with Gasteiger partial charge >= 0.3 is 5.97 Å². The third-order valence-electron chi connectivity index (χ3n) is 1.90. The van der Waals surface area contributed by atoms with Gasteiger partial charge in [-0.25, -0.2) is 4.79 Å². The Morgan fingerprint density at radius 1 is 1.40 bits per heavy atom. The molecule has 15 heavy (non-hydrogen) atoms. The highest BCUT2D eigenvalue weighted by molar-refractivity contribution is 9.10. The van der Waals surface area contributed by atoms with Crippen LogP contribution in [0.4, 0.5) is 0 Å². The van der Waals surface area contributed by atoms with Crippen LogP contribution in [0.2, 0.25) is 0 Å². The Balaban J connectivity index is 3.36. The highest BCUT2D eigenvalue weighted by Crippen LogP contribution is 2.29. The Hall–Kier alpha value is -0.550. The first-order chi connectivity index (χ1) is 7.13. The number of carbonyl (C=O) groups excluding carboxylic acids is 1. The molecule has 82 valence electrons. The van der Waals surface area contributed by atoms with Crippen molar-refractivity contribution in [1.82, 2.24) is 0 Å². The summed E-state index contributed by atoms with van der Waals surface area (Å²) in [5.74, 6) is 0.111. The lowest BCUT2D eigenvalue weighted by Gasteiger charge is -2.11. The number of methoxy groups -OCH3 is 2. The molecule has 0 radical (unpaired) electrons. The van der Waals surface area contributed by atoms with Crippen LogP contribution in [0.15, 0.2) is 16.6 Å². The monoisotopic (exact) mass is 336 g/mol. The third kappa shape index (κ3) is 2.72. The third-order valence-corrected chi connectivity index (χ3v) is 2.96. The van der Waals surface area contributed by atoms with Crippen LogP contribution in [-0.2, 0) is 10.1 Å². The van der Waals surface area contributed by atoms with Gasteiger partial charge in [0.1, 0.15) is 11.3 Å². The zero-order valence-corrected chi connectivity index (χ0v) is 11.5. The van der Waals surface area contributed by atoms with Crippen LogP contribution in [0.5, 0.6) is 5.75 Å². The molecule has 0 saturated heterocycles. The van der Waals surface area contributed by atoms with Gasteiger partial charge in [-0.2, -0.15) is 0 Å². The number of alkyl halides is 1. The van der Waals surface area contributed by atoms with Crippen molar-refractivity contribution in [1.29, 1.82) is 0 Å². The van der Waals surface area contributed by atoms with Crippen LogP contribution in [0.3, 0.4) is 0 Å². The van der Waals surface area contributed by atoms with Crippen molar-refractivity contribution in [3.63, 3.8) is 0 Å². The molecule has 1 aromatic carbocycles. The molecule has 5 heteroatoms. The fourth-order valence-electron chi connectivity index (χ4n) is 1.24. The van der Waals surface area contributed by atoms with Gasteiger partial charge in [0.05, 0.1) is 14.2 Å². The van der Waals surface area contributed by atoms with Gasteiger partial charge in [0.15, 0.2) is 0 Å². The second kappa shape index (κ2) is 5.51. The summed E-state index contributed by atoms with van der Waals surface area (Å²) in [6.07, 6.45) is 0. The van der Waals surface area contributed by atoms with E-state index in [4.69, 9.17) is 9.47 Å². The molecular weight excluding hydrogens is 328 g/mol. The fraction of sp³-hybridized carbons (Fsp3) is 0.300. The Kier molecular flexibility index (Phi) is 4.60. The van der Waals surface area contributed by atoms with E-state index < -0.39 is 5.97 Å². The molecule has 0 N–H and O–H groups in total. The van der Waals surface area contributed by atoms with Crippen molar-refractivity contribution in [2.45, 2.75) is 5.33 Å². The Labute approximate surface area is 105 Å². The van der Waals surface area contributed by atoms with Gasteiger partial charge in [-0.1, -0.05) is 31.9 Å². The van der Waals surface area contributed by atoms with E-state index in [1.807, 2.05) is 6.07 Å². The van der Waals surface area contributed by atoms with E-state index in [2.05, 4.69) is 31.9 Å². The number of esters is 1. The van der Waals surface area contributed by atoms with Gasteiger partial charge in [0.2, 0.25) is 0 Å². The molecule has 0 bridgehead atoms. The van der Waals surface area contributed by atoms with E-state index in [-0.39, 0.29) is 0 Å². The topological polar surface area (TPSA) is 35.5 Å². The molecule has 3 nitrogen and oxygen atoms in total. The molecule has 1 rings (SSSR count). The van der Waals surface area contributed by atoms with E-state index in [1.165, 1.54) is 14.2 Å². The maximum absolute atomic E-state index is 11.5. The second-order valence-corrected chi connectivity index (χ2v) is 4.24. The van der Waals surface area contributed by atoms with E-state index in [9.17, 15) is 4.79 Å². The first-order valence-electron chi connectivity index (χ1n) is 4.14. The predicted molar refractivity (Wildman–Crippen MR) is 64.7 cm³/mol. The van der Waals surface area contributed by atoms with Gasteiger partial charge in [0.25, 0.3) is 0 Å². The minimum atomic E-state index is -0.395. The number of hydrogen-bond donors (Lipinski definition) is 0. The van der Waals surface area contributed by atoms with Crippen molar-refractivity contribution in [3.8, 4) is 5.75 Å². The maximum Gasteiger partial charge on any atom is 0.341 e. The Bertz CT molecular complexity index is 352. The molecule has 0 spiro atoms. The average Bonchev–Trinajstić information content (AvgIpc) is 2.26. The molecule has 0 saturated carbocycles. The fourth-order valence-corrected chi connectivity index (χ4v) is 2.16. The SMILES string of the molecule is COC(=O)c1c(CBr)cc(Br)cc1OC. The van der Waals surface area contributed by atoms with Crippen molar-refractivity contribution in [3.05, 3.63) is 27.7 Å². The van der Waals surface area contributed by atoms with Gasteiger partial charge in [-0.3, -0.25) is 0 Å². The number of hydrogen-bond acceptors (Lipinski definition) is 3. The van der Waals surface area contributed by atoms with Crippen LogP contribution in [0.1, 0.15) is 15.9 Å². The smallest absolute Gasteiger partial charge is 0.341 e. The molecule has 0 unspecified atom stereocenters. The molecule has 1 aromatic rings. The summed E-state index contributed by atoms with van der Waals surface area (Å²) in [6.45, 7) is 0. The summed E-state index contributed by atoms with van der Waals surface area (Å²) in [5, 5.41) is 0.563. The largest absolute Gasteiger partial charge is 0.496 e. The number of benzene rings is 1. The first kappa shape index (κ1) is 12.5. The number of ether oxygens (including phenoxy) is 2. The summed E-state index contributed by atoms with van der Waals surface area (Å²) >= 11 is 6.67. The summed E-state index contributed by atoms with van der Waals surface area (Å²) in [5.41, 5.74) is 1.29. The molecule has 0 aromatic heterocycles. The van der Waals surface area contributed by atoms with Gasteiger partial charge < -0.3 is 9.47 Å². The Morgan fingerprint density at radius 2 is 2.07 bits per heavy atom. The Morgan fingerprint density at radius 3 is 2.53 bits per heavy atom. The van der Waals surface area contributed by atoms with Crippen LogP contribution in [0, 0.1) is 0 Å². The standard InChI is InChI=1S/C10H10Br2O3/c1-14-8-4-7(12)3-6(5-11)9(8)10(13)15-2/h3-4H,5H2,1-2H3. The van der Waals surface area contributed by atoms with Crippen molar-refractivity contribution < 1.29 is 14.3 Å². The lowest BCUT2D eigenvalue weighted by molar-refractivity contribution is 0.0596. The summed E-state index contributed by atoms with van der Waals surface area (Å²) in [6, 6.07) is 3.59. The zero-order valence-electron chi connectivity index (χ0n) is 8.34. The lowest BCUT2D eigenvalue weighted by atomic mass is 10.1. The maximum atomic E-state index is 11.5. The molecule has 0 aliphatic heterocycles. The van der Waals surface area contributed by atoms with Gasteiger partial charge in [-0.15, -0.1) is 0 Å². The molecular formula is C10H10Br2O3. The van der Waals surface area contributed by atoms with Crippen LogP contribution >= 0.6 is 31.9 Å². The molecule has 0 fully saturated rings. The number of carbonyl (C=O) groups is 1. The highest BCUT2D eigenvalue weighted by Gasteiger charge is 2.18. The summed E-state index contributed by atoms with van der Waals surface area (Å²) < 4.78 is 10.7. The van der Waals surface area contributed by atoms with Crippen molar-refractivity contribution in [2.75, 3.05) is 14.2 Å². The van der Waals surface area contributed by atoms with Crippen LogP contribution in [0.25, 0.3) is 0 Å². The zero-order chi connectivity index (χ0) is 11.4. The predicted octanol–water partition coefficient (Wildman–Crippen LogP) is 3.14. The lowest BCUT2D eigenvalue weighted by Crippen LogP contribution is -2.07. The molecule has 0 amide bonds. The van der Waals surface area contributed by atoms with E-state index in [0.717, 1.165) is 10.0 Å². The molecule has 0 aliphatic rings. The van der Waals surface area contributed by atoms with Gasteiger partial charge in [-0.05, 0) is 17.7 Å². The van der Waals surface area contributed by atoms with Crippen molar-refractivity contribution in [2.24, 2.45) is 0 Å². The van der Waals surface area contributed by atoms with E-state index >= 15 is 0 Å². The number of halogens is 2. The first-order valence-corrected chi connectivity index (χ1v) is 6.06. The van der Waals surface area contributed by atoms with Crippen LogP contribution in [-0.4, -0.2) is 20.2 Å². The summed E-state index contributed by atoms with van der Waals surface area (Å²) in [4.78, 5) is 11.5. The average molecular weight is 338 g/mol. The molecule has 0 heterocycles.